The molecule has 0 bridgehead atoms. The largest absolute Gasteiger partial charge is 0.508 e. The van der Waals surface area contributed by atoms with Crippen LogP contribution in [-0.2, 0) is 20.4 Å². The number of amides is 2. The average Bonchev–Trinajstić information content (AvgIpc) is 3.04. The predicted octanol–water partition coefficient (Wildman–Crippen LogP) is 6.58. The Morgan fingerprint density at radius 1 is 0.946 bits per heavy atom. The van der Waals surface area contributed by atoms with E-state index in [4.69, 9.17) is 0 Å². The third-order valence-corrected chi connectivity index (χ3v) is 7.14. The molecule has 0 radical (unpaired) electrons. The van der Waals surface area contributed by atoms with Crippen LogP contribution in [0.1, 0.15) is 83.2 Å². The normalized spacial score (nSPS) is 15.6. The van der Waals surface area contributed by atoms with Crippen molar-refractivity contribution in [3.63, 3.8) is 0 Å². The number of carbonyl (C=O) groups is 2. The van der Waals surface area contributed by atoms with E-state index in [2.05, 4.69) is 63.2 Å². The Kier molecular flexibility index (Phi) is 7.71. The molecule has 1 heterocycles. The van der Waals surface area contributed by atoms with E-state index in [1.54, 1.807) is 26.0 Å². The minimum absolute atomic E-state index is 0.180. The number of hydrogen-bond donors (Lipinski definition) is 3. The van der Waals surface area contributed by atoms with Crippen LogP contribution < -0.4 is 10.6 Å². The number of anilines is 1. The molecule has 2 aromatic rings. The zero-order chi connectivity index (χ0) is 27.9. The van der Waals surface area contributed by atoms with E-state index in [1.807, 2.05) is 32.0 Å². The molecular weight excluding hydrogens is 482 g/mol. The van der Waals surface area contributed by atoms with Gasteiger partial charge in [0.15, 0.2) is 5.17 Å². The highest BCUT2D eigenvalue weighted by Gasteiger charge is 2.35. The lowest BCUT2D eigenvalue weighted by Gasteiger charge is -2.32. The van der Waals surface area contributed by atoms with Gasteiger partial charge in [-0.15, -0.1) is 0 Å². The quantitative estimate of drug-likeness (QED) is 0.396. The van der Waals surface area contributed by atoms with Gasteiger partial charge in [-0.2, -0.15) is 0 Å². The maximum Gasteiger partial charge on any atom is 0.275 e. The predicted molar refractivity (Wildman–Crippen MR) is 155 cm³/mol. The van der Waals surface area contributed by atoms with Gasteiger partial charge in [0, 0.05) is 11.3 Å². The van der Waals surface area contributed by atoms with E-state index < -0.39 is 4.75 Å². The molecule has 0 fully saturated rings. The van der Waals surface area contributed by atoms with Gasteiger partial charge in [-0.1, -0.05) is 65.4 Å². The van der Waals surface area contributed by atoms with Crippen LogP contribution >= 0.6 is 11.8 Å². The number of aryl methyl sites for hydroxylation is 2. The highest BCUT2D eigenvalue weighted by molar-refractivity contribution is 8.15. The Hall–Kier alpha value is -3.06. The lowest BCUT2D eigenvalue weighted by molar-refractivity contribution is -0.118. The van der Waals surface area contributed by atoms with Crippen molar-refractivity contribution < 1.29 is 14.7 Å². The number of aliphatic imine (C=N–C) groups is 1. The third-order valence-electron chi connectivity index (χ3n) is 6.06. The van der Waals surface area contributed by atoms with Gasteiger partial charge in [-0.3, -0.25) is 14.9 Å². The molecule has 0 atom stereocenters. The van der Waals surface area contributed by atoms with E-state index in [-0.39, 0.29) is 34.1 Å². The molecular formula is C30H39N3O3S. The Bertz CT molecular complexity index is 1290. The van der Waals surface area contributed by atoms with Crippen molar-refractivity contribution in [3.8, 4) is 5.75 Å². The zero-order valence-electron chi connectivity index (χ0n) is 23.6. The summed E-state index contributed by atoms with van der Waals surface area (Å²) < 4.78 is -0.881. The molecule has 0 aromatic heterocycles. The summed E-state index contributed by atoms with van der Waals surface area (Å²) in [5, 5.41) is 16.9. The molecule has 0 saturated heterocycles. The topological polar surface area (TPSA) is 90.8 Å². The van der Waals surface area contributed by atoms with Crippen LogP contribution in [0.4, 0.5) is 5.69 Å². The number of hydrogen-bond acceptors (Lipinski definition) is 5. The van der Waals surface area contributed by atoms with Gasteiger partial charge < -0.3 is 10.4 Å². The highest BCUT2D eigenvalue weighted by Crippen LogP contribution is 2.42. The first-order chi connectivity index (χ1) is 16.9. The van der Waals surface area contributed by atoms with E-state index >= 15 is 0 Å². The summed E-state index contributed by atoms with van der Waals surface area (Å²) in [6.45, 7) is 20.1. The molecule has 2 amide bonds. The summed E-state index contributed by atoms with van der Waals surface area (Å²) in [4.78, 5) is 30.5. The van der Waals surface area contributed by atoms with Gasteiger partial charge in [-0.25, -0.2) is 4.99 Å². The summed E-state index contributed by atoms with van der Waals surface area (Å²) >= 11 is 1.21. The van der Waals surface area contributed by atoms with Gasteiger partial charge in [0.05, 0.1) is 4.75 Å². The molecule has 1 aliphatic heterocycles. The number of thioether (sulfide) groups is 1. The fraction of sp³-hybridized carbons (Fsp3) is 0.433. The fourth-order valence-electron chi connectivity index (χ4n) is 4.55. The second kappa shape index (κ2) is 10.0. The average molecular weight is 522 g/mol. The van der Waals surface area contributed by atoms with Crippen molar-refractivity contribution in [3.05, 3.63) is 63.8 Å². The van der Waals surface area contributed by atoms with Crippen LogP contribution in [0.15, 0.2) is 41.0 Å². The number of amidine groups is 1. The summed E-state index contributed by atoms with van der Waals surface area (Å²) in [5.74, 6) is -0.259. The van der Waals surface area contributed by atoms with E-state index in [1.165, 1.54) is 11.8 Å². The molecule has 0 unspecified atom stereocenters. The first-order valence-electron chi connectivity index (χ1n) is 12.5. The molecule has 3 rings (SSSR count). The van der Waals surface area contributed by atoms with Gasteiger partial charge >= 0.3 is 0 Å². The van der Waals surface area contributed by atoms with Gasteiger partial charge in [0.2, 0.25) is 5.91 Å². The third kappa shape index (κ3) is 6.63. The molecule has 6 nitrogen and oxygen atoms in total. The minimum Gasteiger partial charge on any atom is -0.508 e. The summed E-state index contributed by atoms with van der Waals surface area (Å²) in [7, 11) is 0. The molecule has 3 N–H and O–H groups in total. The Morgan fingerprint density at radius 3 is 2.05 bits per heavy atom. The maximum atomic E-state index is 13.1. The van der Waals surface area contributed by atoms with E-state index in [9.17, 15) is 14.7 Å². The van der Waals surface area contributed by atoms with Crippen LogP contribution in [0.25, 0.3) is 6.08 Å². The van der Waals surface area contributed by atoms with Crippen LogP contribution in [-0.4, -0.2) is 26.8 Å². The highest BCUT2D eigenvalue weighted by atomic mass is 32.2. The van der Waals surface area contributed by atoms with Crippen LogP contribution in [0.3, 0.4) is 0 Å². The van der Waals surface area contributed by atoms with Crippen molar-refractivity contribution >= 4 is 40.5 Å². The number of carbonyl (C=O) groups excluding carboxylic acids is 2. The smallest absolute Gasteiger partial charge is 0.275 e. The number of phenols is 1. The molecule has 37 heavy (non-hydrogen) atoms. The first kappa shape index (κ1) is 28.5. The second-order valence-electron chi connectivity index (χ2n) is 12.3. The zero-order valence-corrected chi connectivity index (χ0v) is 24.4. The first-order valence-corrected chi connectivity index (χ1v) is 13.3. The number of nitrogens with zero attached hydrogens (tertiary/aromatic N) is 1. The molecule has 198 valence electrons. The summed E-state index contributed by atoms with van der Waals surface area (Å²) in [5.41, 5.74) is 5.25. The van der Waals surface area contributed by atoms with Gasteiger partial charge in [0.1, 0.15) is 11.4 Å². The number of nitrogens with one attached hydrogen (secondary N) is 2. The molecule has 1 aliphatic rings. The minimum atomic E-state index is -0.881. The lowest BCUT2D eigenvalue weighted by Crippen LogP contribution is -2.37. The van der Waals surface area contributed by atoms with Crippen LogP contribution in [0.5, 0.6) is 5.75 Å². The van der Waals surface area contributed by atoms with Crippen LogP contribution in [0.2, 0.25) is 0 Å². The van der Waals surface area contributed by atoms with Gasteiger partial charge in [0.25, 0.3) is 5.91 Å². The maximum absolute atomic E-state index is 13.1. The monoisotopic (exact) mass is 521 g/mol. The summed E-state index contributed by atoms with van der Waals surface area (Å²) in [6.07, 6.45) is 1.76. The van der Waals surface area contributed by atoms with Crippen molar-refractivity contribution in [1.82, 2.24) is 5.32 Å². The van der Waals surface area contributed by atoms with Crippen molar-refractivity contribution in [1.29, 1.82) is 0 Å². The van der Waals surface area contributed by atoms with Gasteiger partial charge in [-0.05, 0) is 85.1 Å². The Labute approximate surface area is 225 Å². The molecule has 0 aliphatic carbocycles. The Morgan fingerprint density at radius 2 is 1.51 bits per heavy atom. The molecule has 0 spiro atoms. The number of rotatable bonds is 4. The fourth-order valence-corrected chi connectivity index (χ4v) is 5.47. The second-order valence-corrected chi connectivity index (χ2v) is 13.9. The molecule has 2 aromatic carbocycles. The Balaban J connectivity index is 1.92. The SMILES string of the molecule is Cc1cc(C)cc(NC(=O)C(C)(C)SC2=NC(=Cc3ccc(O)c(C(C)(C)C)c3C(C)(C)C)C(=O)N2)c1. The van der Waals surface area contributed by atoms with Crippen molar-refractivity contribution in [2.24, 2.45) is 4.99 Å². The van der Waals surface area contributed by atoms with Crippen LogP contribution in [0, 0.1) is 13.8 Å². The molecule has 0 saturated carbocycles. The number of benzene rings is 2. The van der Waals surface area contributed by atoms with E-state index in [0.717, 1.165) is 33.5 Å². The number of phenolic OH excluding ortho intramolecular Hbond substituents is 1. The lowest BCUT2D eigenvalue weighted by atomic mass is 9.72. The van der Waals surface area contributed by atoms with E-state index in [0.29, 0.717) is 5.17 Å². The summed E-state index contributed by atoms with van der Waals surface area (Å²) in [6, 6.07) is 9.41. The standard InChI is InChI=1S/C30H39N3O3S/c1-17-13-18(2)15-20(14-17)31-26(36)30(9,10)37-27-32-21(25(35)33-27)16-19-11-12-22(34)24(29(6,7)8)23(19)28(3,4)5/h11-16,34H,1-10H3,(H,31,36)(H,32,33,35). The van der Waals surface area contributed by atoms with Crippen molar-refractivity contribution in [2.75, 3.05) is 5.32 Å². The number of aromatic hydroxyl groups is 1. The van der Waals surface area contributed by atoms with Crippen molar-refractivity contribution in [2.45, 2.75) is 84.8 Å². The molecule has 7 heteroatoms.